The minimum Gasteiger partial charge on any atom is -0.453 e. The van der Waals surface area contributed by atoms with Crippen LogP contribution in [0.1, 0.15) is 13.8 Å². The summed E-state index contributed by atoms with van der Waals surface area (Å²) in [6, 6.07) is 22.0. The van der Waals surface area contributed by atoms with Crippen molar-refractivity contribution < 1.29 is 23.8 Å². The Bertz CT molecular complexity index is 949. The number of ether oxygens (including phenoxy) is 3. The second-order valence-corrected chi connectivity index (χ2v) is 5.74. The van der Waals surface area contributed by atoms with Crippen molar-refractivity contribution in [3.05, 3.63) is 72.8 Å². The molecule has 3 aromatic carbocycles. The zero-order chi connectivity index (χ0) is 19.2. The number of esters is 2. The molecule has 27 heavy (non-hydrogen) atoms. The molecule has 0 saturated carbocycles. The molecule has 3 rings (SSSR count). The van der Waals surface area contributed by atoms with Gasteiger partial charge in [0.05, 0.1) is 0 Å². The number of hydrogen-bond acceptors (Lipinski definition) is 5. The van der Waals surface area contributed by atoms with Crippen molar-refractivity contribution in [2.75, 3.05) is 0 Å². The minimum absolute atomic E-state index is 0.0582. The van der Waals surface area contributed by atoms with Crippen LogP contribution in [0.3, 0.4) is 0 Å². The predicted molar refractivity (Wildman–Crippen MR) is 101 cm³/mol. The molecule has 0 aliphatic rings. The third-order valence-corrected chi connectivity index (χ3v) is 3.62. The van der Waals surface area contributed by atoms with E-state index in [2.05, 4.69) is 0 Å². The summed E-state index contributed by atoms with van der Waals surface area (Å²) in [6.45, 7) is 2.55. The third kappa shape index (κ3) is 4.52. The molecule has 0 atom stereocenters. The second kappa shape index (κ2) is 8.19. The van der Waals surface area contributed by atoms with Crippen LogP contribution in [0, 0.1) is 0 Å². The molecule has 0 aliphatic carbocycles. The van der Waals surface area contributed by atoms with Gasteiger partial charge in [-0.3, -0.25) is 9.59 Å². The van der Waals surface area contributed by atoms with Crippen molar-refractivity contribution in [3.8, 4) is 34.1 Å². The fourth-order valence-electron chi connectivity index (χ4n) is 2.57. The van der Waals surface area contributed by atoms with Gasteiger partial charge in [0.2, 0.25) is 5.75 Å². The Balaban J connectivity index is 2.21. The highest BCUT2D eigenvalue weighted by atomic mass is 16.6. The van der Waals surface area contributed by atoms with Crippen LogP contribution in [0.25, 0.3) is 11.1 Å². The molecule has 5 heteroatoms. The minimum atomic E-state index is -0.550. The second-order valence-electron chi connectivity index (χ2n) is 5.74. The molecule has 0 saturated heterocycles. The van der Waals surface area contributed by atoms with Crippen LogP contribution in [0.15, 0.2) is 72.8 Å². The first kappa shape index (κ1) is 18.2. The first-order valence-corrected chi connectivity index (χ1v) is 8.37. The maximum absolute atomic E-state index is 11.7. The van der Waals surface area contributed by atoms with Crippen molar-refractivity contribution in [3.63, 3.8) is 0 Å². The topological polar surface area (TPSA) is 61.8 Å². The zero-order valence-corrected chi connectivity index (χ0v) is 15.0. The normalized spacial score (nSPS) is 10.1. The Kier molecular flexibility index (Phi) is 5.52. The largest absolute Gasteiger partial charge is 0.453 e. The quantitative estimate of drug-likeness (QED) is 0.472. The lowest BCUT2D eigenvalue weighted by atomic mass is 10.0. The van der Waals surface area contributed by atoms with Crippen LogP contribution < -0.4 is 14.2 Å². The summed E-state index contributed by atoms with van der Waals surface area (Å²) in [7, 11) is 0. The van der Waals surface area contributed by atoms with Crippen molar-refractivity contribution in [2.45, 2.75) is 13.8 Å². The lowest BCUT2D eigenvalue weighted by Crippen LogP contribution is -2.08. The molecular formula is C22H18O5. The van der Waals surface area contributed by atoms with E-state index in [1.807, 2.05) is 48.5 Å². The summed E-state index contributed by atoms with van der Waals surface area (Å²) < 4.78 is 16.6. The van der Waals surface area contributed by atoms with Crippen molar-refractivity contribution in [1.82, 2.24) is 0 Å². The number of hydrogen-bond donors (Lipinski definition) is 0. The van der Waals surface area contributed by atoms with Gasteiger partial charge in [0, 0.05) is 19.4 Å². The molecule has 0 bridgehead atoms. The van der Waals surface area contributed by atoms with E-state index in [4.69, 9.17) is 14.2 Å². The molecule has 136 valence electrons. The highest BCUT2D eigenvalue weighted by Gasteiger charge is 2.22. The van der Waals surface area contributed by atoms with Crippen molar-refractivity contribution in [2.24, 2.45) is 0 Å². The maximum atomic E-state index is 11.7. The number of benzene rings is 3. The van der Waals surface area contributed by atoms with Crippen LogP contribution in [0.5, 0.6) is 23.0 Å². The molecular weight excluding hydrogens is 344 g/mol. The molecule has 0 spiro atoms. The van der Waals surface area contributed by atoms with Gasteiger partial charge in [-0.1, -0.05) is 48.5 Å². The maximum Gasteiger partial charge on any atom is 0.308 e. The summed E-state index contributed by atoms with van der Waals surface area (Å²) >= 11 is 0. The first-order valence-electron chi connectivity index (χ1n) is 8.37. The fraction of sp³-hybridized carbons (Fsp3) is 0.0909. The Morgan fingerprint density at radius 2 is 1.26 bits per heavy atom. The first-order chi connectivity index (χ1) is 13.0. The Hall–Kier alpha value is -3.60. The van der Waals surface area contributed by atoms with Crippen LogP contribution in [0.4, 0.5) is 0 Å². The fourth-order valence-corrected chi connectivity index (χ4v) is 2.57. The molecule has 0 N–H and O–H groups in total. The van der Waals surface area contributed by atoms with E-state index in [1.54, 1.807) is 24.3 Å². The SMILES string of the molecule is CC(=O)Oc1ccc(-c2ccccc2)c(Oc2ccccc2)c1OC(C)=O. The lowest BCUT2D eigenvalue weighted by molar-refractivity contribution is -0.134. The van der Waals surface area contributed by atoms with Gasteiger partial charge in [0.15, 0.2) is 11.5 Å². The van der Waals surface area contributed by atoms with Gasteiger partial charge in [-0.15, -0.1) is 0 Å². The van der Waals surface area contributed by atoms with E-state index in [9.17, 15) is 9.59 Å². The summed E-state index contributed by atoms with van der Waals surface area (Å²) in [5, 5.41) is 0. The summed E-state index contributed by atoms with van der Waals surface area (Å²) in [6.07, 6.45) is 0. The van der Waals surface area contributed by atoms with Crippen LogP contribution in [-0.4, -0.2) is 11.9 Å². The zero-order valence-electron chi connectivity index (χ0n) is 15.0. The molecule has 0 unspecified atom stereocenters. The number of carbonyl (C=O) groups excluding carboxylic acids is 2. The standard InChI is InChI=1S/C22H18O5/c1-15(23)25-20-14-13-19(17-9-5-3-6-10-17)21(22(20)26-16(2)24)27-18-11-7-4-8-12-18/h3-14H,1-2H3. The highest BCUT2D eigenvalue weighted by Crippen LogP contribution is 2.46. The molecule has 0 aromatic heterocycles. The number of para-hydroxylation sites is 1. The number of carbonyl (C=O) groups is 2. The lowest BCUT2D eigenvalue weighted by Gasteiger charge is -2.18. The Morgan fingerprint density at radius 3 is 1.85 bits per heavy atom. The molecule has 5 nitrogen and oxygen atoms in total. The van der Waals surface area contributed by atoms with Crippen LogP contribution in [-0.2, 0) is 9.59 Å². The molecule has 3 aromatic rings. The molecule has 0 fully saturated rings. The van der Waals surface area contributed by atoms with Gasteiger partial charge in [-0.25, -0.2) is 0 Å². The monoisotopic (exact) mass is 362 g/mol. The average molecular weight is 362 g/mol. The highest BCUT2D eigenvalue weighted by molar-refractivity contribution is 5.82. The molecule has 0 amide bonds. The van der Waals surface area contributed by atoms with Crippen molar-refractivity contribution >= 4 is 11.9 Å². The Labute approximate surface area is 157 Å². The van der Waals surface area contributed by atoms with Gasteiger partial charge in [0.25, 0.3) is 0 Å². The van der Waals surface area contributed by atoms with Gasteiger partial charge >= 0.3 is 11.9 Å². The van der Waals surface area contributed by atoms with Gasteiger partial charge in [0.1, 0.15) is 5.75 Å². The van der Waals surface area contributed by atoms with E-state index in [-0.39, 0.29) is 11.5 Å². The van der Waals surface area contributed by atoms with E-state index >= 15 is 0 Å². The van der Waals surface area contributed by atoms with E-state index in [0.29, 0.717) is 17.1 Å². The smallest absolute Gasteiger partial charge is 0.308 e. The molecule has 0 heterocycles. The molecule has 0 aliphatic heterocycles. The Morgan fingerprint density at radius 1 is 0.667 bits per heavy atom. The summed E-state index contributed by atoms with van der Waals surface area (Å²) in [5.74, 6) is -0.0522. The third-order valence-electron chi connectivity index (χ3n) is 3.62. The van der Waals surface area contributed by atoms with E-state index < -0.39 is 11.9 Å². The van der Waals surface area contributed by atoms with Crippen LogP contribution in [0.2, 0.25) is 0 Å². The van der Waals surface area contributed by atoms with E-state index in [0.717, 1.165) is 5.56 Å². The predicted octanol–water partition coefficient (Wildman–Crippen LogP) is 5.00. The van der Waals surface area contributed by atoms with Gasteiger partial charge < -0.3 is 14.2 Å². The van der Waals surface area contributed by atoms with E-state index in [1.165, 1.54) is 13.8 Å². The van der Waals surface area contributed by atoms with Gasteiger partial charge in [-0.2, -0.15) is 0 Å². The molecule has 0 radical (unpaired) electrons. The van der Waals surface area contributed by atoms with Crippen molar-refractivity contribution in [1.29, 1.82) is 0 Å². The van der Waals surface area contributed by atoms with Crippen LogP contribution >= 0.6 is 0 Å². The summed E-state index contributed by atoms with van der Waals surface area (Å²) in [4.78, 5) is 23.2. The average Bonchev–Trinajstić information content (AvgIpc) is 2.65. The summed E-state index contributed by atoms with van der Waals surface area (Å²) in [5.41, 5.74) is 1.57. The van der Waals surface area contributed by atoms with Gasteiger partial charge in [-0.05, 0) is 29.8 Å². The number of rotatable bonds is 5.